The fourth-order valence-corrected chi connectivity index (χ4v) is 5.30. The van der Waals surface area contributed by atoms with E-state index >= 15 is 0 Å². The Morgan fingerprint density at radius 1 is 0.600 bits per heavy atom. The molecule has 0 saturated carbocycles. The van der Waals surface area contributed by atoms with Crippen LogP contribution in [0.1, 0.15) is 88.3 Å². The van der Waals surface area contributed by atoms with Crippen molar-refractivity contribution < 1.29 is 14.3 Å². The van der Waals surface area contributed by atoms with Gasteiger partial charge in [-0.25, -0.2) is 0 Å². The number of hydrogen-bond donors (Lipinski definition) is 0. The summed E-state index contributed by atoms with van der Waals surface area (Å²) < 4.78 is 11.6. The molecule has 264 valence electrons. The molecule has 0 saturated heterocycles. The second kappa shape index (κ2) is 24.5. The summed E-state index contributed by atoms with van der Waals surface area (Å²) >= 11 is 0. The zero-order valence-electron chi connectivity index (χ0n) is 30.7. The first-order valence-electron chi connectivity index (χ1n) is 18.2. The van der Waals surface area contributed by atoms with Crippen LogP contribution in [-0.4, -0.2) is 38.1 Å². The van der Waals surface area contributed by atoms with Crippen LogP contribution in [0.15, 0.2) is 140 Å². The molecule has 0 radical (unpaired) electrons. The lowest BCUT2D eigenvalue weighted by atomic mass is 9.88. The first-order valence-corrected chi connectivity index (χ1v) is 18.2. The average Bonchev–Trinajstić information content (AvgIpc) is 3.13. The number of benzene rings is 3. The standard InChI is InChI=1S/C46H57NO3/c1-5-7-8-9-10-11-12-13-14-15-16-17-18-19-20-21-25-28-45(48)50-43-35-31-41(32-36-43)46(44(6-2)39-26-23-22-24-27-39)40-29-33-42(34-30-40)49-38-37-47(3)4/h8-9,11-12,14-15,17-18,20-24,26-27,29-36H,5-7,10,13,16,19,25,28,37-38H2,1-4H3/b9-8-,12-11-,15-14-,18-17-,21-20-,46-44?. The van der Waals surface area contributed by atoms with Gasteiger partial charge in [0.1, 0.15) is 18.1 Å². The number of allylic oxidation sites excluding steroid dienone is 11. The van der Waals surface area contributed by atoms with Crippen molar-refractivity contribution in [1.82, 2.24) is 4.90 Å². The quantitative estimate of drug-likeness (QED) is 0.0461. The van der Waals surface area contributed by atoms with E-state index in [0.717, 1.165) is 61.1 Å². The molecule has 0 heterocycles. The summed E-state index contributed by atoms with van der Waals surface area (Å²) in [6.07, 6.45) is 29.8. The van der Waals surface area contributed by atoms with E-state index < -0.39 is 0 Å². The maximum absolute atomic E-state index is 12.6. The lowest BCUT2D eigenvalue weighted by molar-refractivity contribution is -0.134. The SMILES string of the molecule is CCC/C=C\C/C=C\C/C=C\C/C=C\C/C=C\CCC(=O)Oc1ccc(C(=C(CC)c2ccccc2)c2ccc(OCCN(C)C)cc2)cc1. The van der Waals surface area contributed by atoms with E-state index in [9.17, 15) is 4.79 Å². The molecule has 3 aromatic carbocycles. The highest BCUT2D eigenvalue weighted by Gasteiger charge is 2.14. The molecule has 0 aromatic heterocycles. The lowest BCUT2D eigenvalue weighted by Gasteiger charge is -2.17. The molecular formula is C46H57NO3. The summed E-state index contributed by atoms with van der Waals surface area (Å²) in [6.45, 7) is 5.89. The molecule has 0 fully saturated rings. The predicted molar refractivity (Wildman–Crippen MR) is 214 cm³/mol. The Kier molecular flexibility index (Phi) is 19.5. The number of hydrogen-bond acceptors (Lipinski definition) is 4. The highest BCUT2D eigenvalue weighted by Crippen LogP contribution is 2.35. The van der Waals surface area contributed by atoms with Gasteiger partial charge < -0.3 is 14.4 Å². The van der Waals surface area contributed by atoms with E-state index in [1.807, 2.05) is 56.6 Å². The molecule has 4 heteroatoms. The minimum Gasteiger partial charge on any atom is -0.492 e. The highest BCUT2D eigenvalue weighted by molar-refractivity contribution is 5.98. The van der Waals surface area contributed by atoms with Gasteiger partial charge >= 0.3 is 5.97 Å². The van der Waals surface area contributed by atoms with Crippen LogP contribution < -0.4 is 9.47 Å². The number of esters is 1. The van der Waals surface area contributed by atoms with Gasteiger partial charge in [0, 0.05) is 13.0 Å². The number of carbonyl (C=O) groups excluding carboxylic acids is 1. The minimum absolute atomic E-state index is 0.228. The Labute approximate surface area is 302 Å². The van der Waals surface area contributed by atoms with Crippen molar-refractivity contribution in [3.05, 3.63) is 156 Å². The molecule has 4 nitrogen and oxygen atoms in total. The fourth-order valence-electron chi connectivity index (χ4n) is 5.30. The molecule has 0 aliphatic rings. The van der Waals surface area contributed by atoms with Crippen molar-refractivity contribution in [3.63, 3.8) is 0 Å². The van der Waals surface area contributed by atoms with Crippen LogP contribution in [0.5, 0.6) is 11.5 Å². The van der Waals surface area contributed by atoms with Gasteiger partial charge in [0.25, 0.3) is 0 Å². The summed E-state index contributed by atoms with van der Waals surface area (Å²) in [5.74, 6) is 1.18. The Hall–Kier alpha value is -4.67. The Morgan fingerprint density at radius 3 is 1.60 bits per heavy atom. The fraction of sp³-hybridized carbons (Fsp3) is 0.326. The molecule has 0 aliphatic heterocycles. The van der Waals surface area contributed by atoms with Gasteiger partial charge in [0.15, 0.2) is 0 Å². The maximum atomic E-state index is 12.6. The molecule has 0 atom stereocenters. The zero-order valence-corrected chi connectivity index (χ0v) is 30.7. The van der Waals surface area contributed by atoms with E-state index in [2.05, 4.69) is 116 Å². The molecule has 50 heavy (non-hydrogen) atoms. The smallest absolute Gasteiger partial charge is 0.311 e. The molecule has 3 rings (SSSR count). The summed E-state index contributed by atoms with van der Waals surface area (Å²) in [5.41, 5.74) is 5.79. The van der Waals surface area contributed by atoms with Crippen LogP contribution in [0.4, 0.5) is 0 Å². The van der Waals surface area contributed by atoms with Gasteiger partial charge in [0.2, 0.25) is 0 Å². The molecular weight excluding hydrogens is 615 g/mol. The topological polar surface area (TPSA) is 38.8 Å². The summed E-state index contributed by atoms with van der Waals surface area (Å²) in [5, 5.41) is 0. The molecule has 0 aliphatic carbocycles. The van der Waals surface area contributed by atoms with E-state index in [-0.39, 0.29) is 5.97 Å². The van der Waals surface area contributed by atoms with Crippen molar-refractivity contribution in [3.8, 4) is 11.5 Å². The van der Waals surface area contributed by atoms with Crippen LogP contribution >= 0.6 is 0 Å². The van der Waals surface area contributed by atoms with E-state index in [1.54, 1.807) is 0 Å². The van der Waals surface area contributed by atoms with Crippen LogP contribution in [0, 0.1) is 0 Å². The van der Waals surface area contributed by atoms with Crippen molar-refractivity contribution >= 4 is 17.1 Å². The van der Waals surface area contributed by atoms with Gasteiger partial charge in [-0.3, -0.25) is 4.79 Å². The summed E-state index contributed by atoms with van der Waals surface area (Å²) in [7, 11) is 4.08. The van der Waals surface area contributed by atoms with Crippen molar-refractivity contribution in [2.75, 3.05) is 27.2 Å². The number of nitrogens with zero attached hydrogens (tertiary/aromatic N) is 1. The molecule has 0 spiro atoms. The Bertz CT molecular complexity index is 1560. The van der Waals surface area contributed by atoms with E-state index in [0.29, 0.717) is 25.2 Å². The van der Waals surface area contributed by atoms with Crippen LogP contribution in [-0.2, 0) is 4.79 Å². The first-order chi connectivity index (χ1) is 24.5. The average molecular weight is 672 g/mol. The molecule has 0 amide bonds. The summed E-state index contributed by atoms with van der Waals surface area (Å²) in [6, 6.07) is 26.7. The first kappa shape index (κ1) is 39.8. The predicted octanol–water partition coefficient (Wildman–Crippen LogP) is 11.8. The number of ether oxygens (including phenoxy) is 2. The highest BCUT2D eigenvalue weighted by atomic mass is 16.5. The zero-order chi connectivity index (χ0) is 35.7. The second-order valence-electron chi connectivity index (χ2n) is 12.4. The van der Waals surface area contributed by atoms with Crippen LogP contribution in [0.3, 0.4) is 0 Å². The van der Waals surface area contributed by atoms with E-state index in [1.165, 1.54) is 24.0 Å². The second-order valence-corrected chi connectivity index (χ2v) is 12.4. The molecule has 0 unspecified atom stereocenters. The third-order valence-electron chi connectivity index (χ3n) is 7.99. The molecule has 0 bridgehead atoms. The Morgan fingerprint density at radius 2 is 1.10 bits per heavy atom. The van der Waals surface area contributed by atoms with Crippen LogP contribution in [0.2, 0.25) is 0 Å². The number of carbonyl (C=O) groups is 1. The summed E-state index contributed by atoms with van der Waals surface area (Å²) in [4.78, 5) is 14.7. The van der Waals surface area contributed by atoms with Crippen molar-refractivity contribution in [1.29, 1.82) is 0 Å². The number of likely N-dealkylation sites (N-methyl/N-ethyl adjacent to an activating group) is 1. The normalized spacial score (nSPS) is 12.7. The van der Waals surface area contributed by atoms with Crippen molar-refractivity contribution in [2.45, 2.75) is 71.6 Å². The third kappa shape index (κ3) is 15.7. The lowest BCUT2D eigenvalue weighted by Crippen LogP contribution is -2.19. The van der Waals surface area contributed by atoms with Gasteiger partial charge in [-0.15, -0.1) is 0 Å². The van der Waals surface area contributed by atoms with E-state index in [4.69, 9.17) is 9.47 Å². The van der Waals surface area contributed by atoms with Gasteiger partial charge in [-0.05, 0) is 111 Å². The number of rotatable bonds is 22. The van der Waals surface area contributed by atoms with Gasteiger partial charge in [-0.1, -0.05) is 136 Å². The molecule has 0 N–H and O–H groups in total. The maximum Gasteiger partial charge on any atom is 0.311 e. The molecule has 3 aromatic rings. The third-order valence-corrected chi connectivity index (χ3v) is 7.99. The number of unbranched alkanes of at least 4 members (excludes halogenated alkanes) is 1. The van der Waals surface area contributed by atoms with Crippen LogP contribution in [0.25, 0.3) is 11.1 Å². The minimum atomic E-state index is -0.228. The van der Waals surface area contributed by atoms with Crippen molar-refractivity contribution in [2.24, 2.45) is 0 Å². The van der Waals surface area contributed by atoms with Gasteiger partial charge in [-0.2, -0.15) is 0 Å². The van der Waals surface area contributed by atoms with Gasteiger partial charge in [0.05, 0.1) is 0 Å². The largest absolute Gasteiger partial charge is 0.492 e. The monoisotopic (exact) mass is 671 g/mol. The Balaban J connectivity index is 1.51.